The molecule has 1 atom stereocenters. The topological polar surface area (TPSA) is 38.8 Å². The van der Waals surface area contributed by atoms with Crippen LogP contribution in [0.4, 0.5) is 0 Å². The maximum absolute atomic E-state index is 12.4. The van der Waals surface area contributed by atoms with E-state index in [0.717, 1.165) is 36.6 Å². The van der Waals surface area contributed by atoms with Crippen molar-refractivity contribution >= 4 is 17.2 Å². The van der Waals surface area contributed by atoms with E-state index in [0.29, 0.717) is 12.7 Å². The first-order chi connectivity index (χ1) is 10.3. The van der Waals surface area contributed by atoms with E-state index in [-0.39, 0.29) is 5.91 Å². The lowest BCUT2D eigenvalue weighted by molar-refractivity contribution is 0.0791. The van der Waals surface area contributed by atoms with E-state index in [4.69, 9.17) is 9.47 Å². The highest BCUT2D eigenvalue weighted by Gasteiger charge is 2.29. The van der Waals surface area contributed by atoms with Gasteiger partial charge in [-0.25, -0.2) is 0 Å². The summed E-state index contributed by atoms with van der Waals surface area (Å²) in [6.45, 7) is 1.88. The standard InChI is InChI=1S/C16H15NO3S/c18-16(13-4-6-21-9-13)17-5-3-12(8-17)11-1-2-14-15(7-11)20-10-19-14/h1-2,4,6-7,9,12H,3,5,8,10H2/t12-/m0/s1. The molecule has 0 N–H and O–H groups in total. The number of benzene rings is 1. The van der Waals surface area contributed by atoms with Crippen molar-refractivity contribution in [3.8, 4) is 11.5 Å². The number of thiophene rings is 1. The lowest BCUT2D eigenvalue weighted by atomic mass is 9.98. The fourth-order valence-corrected chi connectivity index (χ4v) is 3.58. The second-order valence-electron chi connectivity index (χ2n) is 5.36. The van der Waals surface area contributed by atoms with Crippen LogP contribution in [0.5, 0.6) is 11.5 Å². The highest BCUT2D eigenvalue weighted by molar-refractivity contribution is 7.08. The van der Waals surface area contributed by atoms with Crippen molar-refractivity contribution in [3.05, 3.63) is 46.2 Å². The van der Waals surface area contributed by atoms with Crippen LogP contribution in [-0.4, -0.2) is 30.7 Å². The van der Waals surface area contributed by atoms with Crippen molar-refractivity contribution in [1.29, 1.82) is 0 Å². The minimum absolute atomic E-state index is 0.138. The summed E-state index contributed by atoms with van der Waals surface area (Å²) in [6, 6.07) is 7.98. The van der Waals surface area contributed by atoms with E-state index in [2.05, 4.69) is 6.07 Å². The summed E-state index contributed by atoms with van der Waals surface area (Å²) < 4.78 is 10.8. The number of fused-ring (bicyclic) bond motifs is 1. The van der Waals surface area contributed by atoms with Gasteiger partial charge in [0.15, 0.2) is 11.5 Å². The number of rotatable bonds is 2. The maximum Gasteiger partial charge on any atom is 0.254 e. The normalized spacial score (nSPS) is 20.0. The number of hydrogen-bond donors (Lipinski definition) is 0. The molecule has 1 amide bonds. The summed E-state index contributed by atoms with van der Waals surface area (Å²) in [6.07, 6.45) is 0.996. The number of hydrogen-bond acceptors (Lipinski definition) is 4. The van der Waals surface area contributed by atoms with Crippen LogP contribution in [0.1, 0.15) is 28.3 Å². The van der Waals surface area contributed by atoms with Crippen molar-refractivity contribution in [2.75, 3.05) is 19.9 Å². The lowest BCUT2D eigenvalue weighted by Crippen LogP contribution is -2.28. The second kappa shape index (κ2) is 5.07. The molecule has 0 radical (unpaired) electrons. The van der Waals surface area contributed by atoms with Crippen LogP contribution >= 0.6 is 11.3 Å². The van der Waals surface area contributed by atoms with E-state index < -0.39 is 0 Å². The van der Waals surface area contributed by atoms with E-state index >= 15 is 0 Å². The number of carbonyl (C=O) groups is 1. The Hall–Kier alpha value is -2.01. The van der Waals surface area contributed by atoms with Gasteiger partial charge < -0.3 is 14.4 Å². The summed E-state index contributed by atoms with van der Waals surface area (Å²) in [4.78, 5) is 14.3. The van der Waals surface area contributed by atoms with Crippen LogP contribution in [0.15, 0.2) is 35.0 Å². The van der Waals surface area contributed by atoms with Gasteiger partial charge in [0.1, 0.15) is 0 Å². The first-order valence-electron chi connectivity index (χ1n) is 7.02. The van der Waals surface area contributed by atoms with Gasteiger partial charge in [-0.3, -0.25) is 4.79 Å². The van der Waals surface area contributed by atoms with Gasteiger partial charge in [0.25, 0.3) is 5.91 Å². The zero-order valence-corrected chi connectivity index (χ0v) is 12.3. The van der Waals surface area contributed by atoms with Gasteiger partial charge in [0.2, 0.25) is 6.79 Å². The summed E-state index contributed by atoms with van der Waals surface area (Å²) in [5, 5.41) is 3.86. The van der Waals surface area contributed by atoms with Crippen molar-refractivity contribution in [1.82, 2.24) is 4.90 Å². The Morgan fingerprint density at radius 2 is 2.14 bits per heavy atom. The third kappa shape index (κ3) is 2.27. The number of amides is 1. The Morgan fingerprint density at radius 1 is 1.24 bits per heavy atom. The number of nitrogens with zero attached hydrogens (tertiary/aromatic N) is 1. The molecule has 3 heterocycles. The Balaban J connectivity index is 1.50. The van der Waals surface area contributed by atoms with Crippen molar-refractivity contribution < 1.29 is 14.3 Å². The second-order valence-corrected chi connectivity index (χ2v) is 6.14. The predicted molar refractivity (Wildman–Crippen MR) is 80.1 cm³/mol. The van der Waals surface area contributed by atoms with Gasteiger partial charge in [-0.1, -0.05) is 6.07 Å². The third-order valence-corrected chi connectivity index (χ3v) is 4.79. The van der Waals surface area contributed by atoms with Crippen molar-refractivity contribution in [3.63, 3.8) is 0 Å². The van der Waals surface area contributed by atoms with E-state index in [1.807, 2.05) is 33.9 Å². The Bertz CT molecular complexity index is 668. The molecule has 0 aliphatic carbocycles. The van der Waals surface area contributed by atoms with E-state index in [9.17, 15) is 4.79 Å². The SMILES string of the molecule is O=C(c1ccsc1)N1CC[C@H](c2ccc3c(c2)OCO3)C1. The predicted octanol–water partition coefficient (Wildman–Crippen LogP) is 3.11. The van der Waals surface area contributed by atoms with Gasteiger partial charge in [-0.05, 0) is 35.6 Å². The molecule has 1 aromatic heterocycles. The lowest BCUT2D eigenvalue weighted by Gasteiger charge is -2.16. The molecule has 1 aromatic carbocycles. The zero-order chi connectivity index (χ0) is 14.2. The molecule has 0 saturated carbocycles. The Kier molecular flexibility index (Phi) is 3.07. The highest BCUT2D eigenvalue weighted by atomic mass is 32.1. The van der Waals surface area contributed by atoms with Crippen LogP contribution in [0, 0.1) is 0 Å². The molecule has 0 unspecified atom stereocenters. The molecular formula is C16H15NO3S. The van der Waals surface area contributed by atoms with E-state index in [1.54, 1.807) is 11.3 Å². The molecule has 5 heteroatoms. The monoisotopic (exact) mass is 301 g/mol. The molecule has 108 valence electrons. The fraction of sp³-hybridized carbons (Fsp3) is 0.312. The molecular weight excluding hydrogens is 286 g/mol. The molecule has 1 saturated heterocycles. The Labute approximate surface area is 126 Å². The minimum Gasteiger partial charge on any atom is -0.454 e. The average molecular weight is 301 g/mol. The van der Waals surface area contributed by atoms with Crippen LogP contribution in [-0.2, 0) is 0 Å². The van der Waals surface area contributed by atoms with E-state index in [1.165, 1.54) is 5.56 Å². The van der Waals surface area contributed by atoms with Crippen LogP contribution in [0.25, 0.3) is 0 Å². The molecule has 21 heavy (non-hydrogen) atoms. The minimum atomic E-state index is 0.138. The third-order valence-electron chi connectivity index (χ3n) is 4.11. The maximum atomic E-state index is 12.4. The van der Waals surface area contributed by atoms with Crippen molar-refractivity contribution in [2.24, 2.45) is 0 Å². The zero-order valence-electron chi connectivity index (χ0n) is 11.5. The van der Waals surface area contributed by atoms with Crippen molar-refractivity contribution in [2.45, 2.75) is 12.3 Å². The van der Waals surface area contributed by atoms with Gasteiger partial charge in [-0.2, -0.15) is 11.3 Å². The molecule has 2 aromatic rings. The van der Waals surface area contributed by atoms with Gasteiger partial charge in [0, 0.05) is 24.4 Å². The number of ether oxygens (including phenoxy) is 2. The molecule has 0 spiro atoms. The van der Waals surface area contributed by atoms with Gasteiger partial charge >= 0.3 is 0 Å². The largest absolute Gasteiger partial charge is 0.454 e. The molecule has 4 nitrogen and oxygen atoms in total. The molecule has 1 fully saturated rings. The van der Waals surface area contributed by atoms with Gasteiger partial charge in [0.05, 0.1) is 5.56 Å². The fourth-order valence-electron chi connectivity index (χ4n) is 2.95. The smallest absolute Gasteiger partial charge is 0.254 e. The van der Waals surface area contributed by atoms with Gasteiger partial charge in [-0.15, -0.1) is 0 Å². The highest BCUT2D eigenvalue weighted by Crippen LogP contribution is 2.37. The first kappa shape index (κ1) is 12.7. The Morgan fingerprint density at radius 3 is 3.00 bits per heavy atom. The molecule has 2 aliphatic heterocycles. The van der Waals surface area contributed by atoms with Crippen LogP contribution < -0.4 is 9.47 Å². The first-order valence-corrected chi connectivity index (χ1v) is 7.96. The molecule has 4 rings (SSSR count). The summed E-state index contributed by atoms with van der Waals surface area (Å²) in [7, 11) is 0. The molecule has 2 aliphatic rings. The quantitative estimate of drug-likeness (QED) is 0.855. The summed E-state index contributed by atoms with van der Waals surface area (Å²) in [5.41, 5.74) is 2.02. The summed E-state index contributed by atoms with van der Waals surface area (Å²) in [5.74, 6) is 2.14. The van der Waals surface area contributed by atoms with Crippen LogP contribution in [0.3, 0.4) is 0 Å². The number of likely N-dealkylation sites (tertiary alicyclic amines) is 1. The number of carbonyl (C=O) groups excluding carboxylic acids is 1. The average Bonchev–Trinajstić information content (AvgIpc) is 3.25. The molecule has 0 bridgehead atoms. The van der Waals surface area contributed by atoms with Crippen LogP contribution in [0.2, 0.25) is 0 Å². The summed E-state index contributed by atoms with van der Waals surface area (Å²) >= 11 is 1.56.